The van der Waals surface area contributed by atoms with Gasteiger partial charge in [-0.15, -0.1) is 0 Å². The first-order valence-corrected chi connectivity index (χ1v) is 12.1. The van der Waals surface area contributed by atoms with Crippen LogP contribution < -0.4 is 5.32 Å². The lowest BCUT2D eigenvalue weighted by molar-refractivity contribution is -0.113. The Labute approximate surface area is 204 Å². The van der Waals surface area contributed by atoms with Crippen LogP contribution in [0.2, 0.25) is 0 Å². The molecule has 5 heteroatoms. The van der Waals surface area contributed by atoms with Gasteiger partial charge in [0.15, 0.2) is 11.6 Å². The van der Waals surface area contributed by atoms with Crippen LogP contribution in [0.1, 0.15) is 46.8 Å². The highest BCUT2D eigenvalue weighted by Crippen LogP contribution is 2.43. The van der Waals surface area contributed by atoms with Crippen LogP contribution in [0, 0.1) is 25.2 Å². The maximum Gasteiger partial charge on any atom is 0.173 e. The zero-order valence-electron chi connectivity index (χ0n) is 19.7. The van der Waals surface area contributed by atoms with E-state index < -0.39 is 5.92 Å². The second kappa shape index (κ2) is 9.70. The maximum atomic E-state index is 12.9. The van der Waals surface area contributed by atoms with Gasteiger partial charge in [0, 0.05) is 16.8 Å². The Morgan fingerprint density at radius 1 is 1.00 bits per heavy atom. The summed E-state index contributed by atoms with van der Waals surface area (Å²) in [5.41, 5.74) is 5.55. The van der Waals surface area contributed by atoms with Crippen molar-refractivity contribution in [3.63, 3.8) is 0 Å². The second-order valence-corrected chi connectivity index (χ2v) is 9.57. The van der Waals surface area contributed by atoms with Gasteiger partial charge in [0.2, 0.25) is 0 Å². The van der Waals surface area contributed by atoms with Gasteiger partial charge in [-0.05, 0) is 61.2 Å². The summed E-state index contributed by atoms with van der Waals surface area (Å²) in [6.07, 6.45) is 0. The fraction of sp³-hybridized carbons (Fsp3) is 0.207. The molecule has 1 heterocycles. The van der Waals surface area contributed by atoms with E-state index in [9.17, 15) is 14.9 Å². The number of aryl methyl sites for hydroxylation is 2. The molecule has 4 nitrogen and oxygen atoms in total. The lowest BCUT2D eigenvalue weighted by atomic mass is 9.79. The van der Waals surface area contributed by atoms with E-state index in [-0.39, 0.29) is 17.3 Å². The zero-order valence-corrected chi connectivity index (χ0v) is 20.5. The number of nitrogens with one attached hydrogen (secondary N) is 1. The number of benzene rings is 3. The molecule has 0 saturated carbocycles. The first-order chi connectivity index (χ1) is 16.3. The lowest BCUT2D eigenvalue weighted by Crippen LogP contribution is -2.27. The molecule has 0 fully saturated rings. The first-order valence-electron chi connectivity index (χ1n) is 11.2. The highest BCUT2D eigenvalue weighted by molar-refractivity contribution is 8.03. The van der Waals surface area contributed by atoms with E-state index in [4.69, 9.17) is 0 Å². The van der Waals surface area contributed by atoms with Gasteiger partial charge >= 0.3 is 0 Å². The van der Waals surface area contributed by atoms with Crippen molar-refractivity contribution in [2.75, 3.05) is 5.75 Å². The van der Waals surface area contributed by atoms with E-state index in [1.807, 2.05) is 81.4 Å². The Bertz CT molecular complexity index is 1420. The molecule has 0 amide bonds. The highest BCUT2D eigenvalue weighted by Gasteiger charge is 2.34. The number of dihydropyridines is 1. The van der Waals surface area contributed by atoms with E-state index in [0.717, 1.165) is 27.5 Å². The van der Waals surface area contributed by atoms with Crippen LogP contribution in [0.5, 0.6) is 0 Å². The summed E-state index contributed by atoms with van der Waals surface area (Å²) in [6.45, 7) is 7.40. The van der Waals surface area contributed by atoms with Crippen LogP contribution in [0.15, 0.2) is 82.5 Å². The Morgan fingerprint density at radius 2 is 1.74 bits per heavy atom. The van der Waals surface area contributed by atoms with Gasteiger partial charge in [-0.1, -0.05) is 66.4 Å². The van der Waals surface area contributed by atoms with Gasteiger partial charge in [0.25, 0.3) is 0 Å². The Kier molecular flexibility index (Phi) is 6.72. The minimum atomic E-state index is -0.492. The number of nitriles is 1. The number of hydrogen-bond donors (Lipinski definition) is 1. The molecule has 0 aliphatic carbocycles. The van der Waals surface area contributed by atoms with Crippen LogP contribution in [-0.2, 0) is 4.79 Å². The number of carbonyl (C=O) groups is 2. The Hall–Kier alpha value is -3.62. The van der Waals surface area contributed by atoms with Crippen molar-refractivity contribution >= 4 is 34.1 Å². The zero-order chi connectivity index (χ0) is 24.4. The van der Waals surface area contributed by atoms with E-state index >= 15 is 0 Å². The first kappa shape index (κ1) is 23.5. The second-order valence-electron chi connectivity index (χ2n) is 8.59. The molecule has 1 aliphatic heterocycles. The van der Waals surface area contributed by atoms with Crippen molar-refractivity contribution in [1.29, 1.82) is 5.26 Å². The molecule has 1 N–H and O–H groups in total. The third kappa shape index (κ3) is 4.42. The summed E-state index contributed by atoms with van der Waals surface area (Å²) in [5, 5.41) is 16.2. The molecule has 1 atom stereocenters. The van der Waals surface area contributed by atoms with E-state index in [0.29, 0.717) is 27.4 Å². The molecule has 0 saturated heterocycles. The predicted molar refractivity (Wildman–Crippen MR) is 139 cm³/mol. The van der Waals surface area contributed by atoms with Crippen LogP contribution in [0.25, 0.3) is 10.8 Å². The van der Waals surface area contributed by atoms with Crippen LogP contribution in [0.3, 0.4) is 0 Å². The van der Waals surface area contributed by atoms with Crippen molar-refractivity contribution in [1.82, 2.24) is 5.32 Å². The normalized spacial score (nSPS) is 15.8. The SMILES string of the molecule is CC(=O)C1=C(C)NC(SCC(=O)c2ccc(C)c(C)c2)=C(C#N)C1c1cccc2ccccc12. The Balaban J connectivity index is 1.75. The largest absolute Gasteiger partial charge is 0.353 e. The monoisotopic (exact) mass is 466 g/mol. The fourth-order valence-corrected chi connectivity index (χ4v) is 5.43. The molecule has 34 heavy (non-hydrogen) atoms. The average Bonchev–Trinajstić information content (AvgIpc) is 2.83. The van der Waals surface area contributed by atoms with Crippen molar-refractivity contribution in [2.24, 2.45) is 0 Å². The number of allylic oxidation sites excluding steroid dienone is 3. The summed E-state index contributed by atoms with van der Waals surface area (Å²) in [6, 6.07) is 22.0. The van der Waals surface area contributed by atoms with E-state index in [1.54, 1.807) is 0 Å². The van der Waals surface area contributed by atoms with Crippen LogP contribution in [0.4, 0.5) is 0 Å². The summed E-state index contributed by atoms with van der Waals surface area (Å²) in [5.74, 6) is -0.374. The number of Topliss-reactive ketones (excluding diaryl/α,β-unsaturated/α-hetero) is 2. The number of hydrogen-bond acceptors (Lipinski definition) is 5. The van der Waals surface area contributed by atoms with Crippen molar-refractivity contribution in [3.8, 4) is 6.07 Å². The number of rotatable bonds is 6. The molecule has 0 aromatic heterocycles. The third-order valence-corrected chi connectivity index (χ3v) is 7.35. The maximum absolute atomic E-state index is 12.9. The van der Waals surface area contributed by atoms with Gasteiger partial charge in [0.1, 0.15) is 0 Å². The summed E-state index contributed by atoms with van der Waals surface area (Å²) in [7, 11) is 0. The van der Waals surface area contributed by atoms with Crippen molar-refractivity contribution in [3.05, 3.63) is 105 Å². The van der Waals surface area contributed by atoms with Crippen molar-refractivity contribution in [2.45, 2.75) is 33.6 Å². The summed E-state index contributed by atoms with van der Waals surface area (Å²) >= 11 is 1.32. The molecule has 3 aromatic rings. The molecular weight excluding hydrogens is 440 g/mol. The number of fused-ring (bicyclic) bond motifs is 1. The van der Waals surface area contributed by atoms with Gasteiger partial charge in [-0.2, -0.15) is 5.26 Å². The van der Waals surface area contributed by atoms with E-state index in [2.05, 4.69) is 11.4 Å². The van der Waals surface area contributed by atoms with Gasteiger partial charge < -0.3 is 5.32 Å². The van der Waals surface area contributed by atoms with E-state index in [1.165, 1.54) is 18.7 Å². The van der Waals surface area contributed by atoms with Crippen molar-refractivity contribution < 1.29 is 9.59 Å². The third-order valence-electron chi connectivity index (χ3n) is 6.34. The van der Waals surface area contributed by atoms with Crippen LogP contribution >= 0.6 is 11.8 Å². The number of ketones is 2. The Morgan fingerprint density at radius 3 is 2.44 bits per heavy atom. The van der Waals surface area contributed by atoms with Gasteiger partial charge in [0.05, 0.1) is 28.3 Å². The summed E-state index contributed by atoms with van der Waals surface area (Å²) in [4.78, 5) is 25.6. The molecule has 0 spiro atoms. The predicted octanol–water partition coefficient (Wildman–Crippen LogP) is 6.36. The number of thioether (sulfide) groups is 1. The average molecular weight is 467 g/mol. The number of nitrogens with zero attached hydrogens (tertiary/aromatic N) is 1. The van der Waals surface area contributed by atoms with Gasteiger partial charge in [-0.25, -0.2) is 0 Å². The smallest absolute Gasteiger partial charge is 0.173 e. The standard InChI is InChI=1S/C29H26N2O2S/c1-17-12-13-22(14-18(17)2)26(33)16-34-29-25(15-30)28(27(20(4)32)19(3)31-29)24-11-7-9-21-8-5-6-10-23(21)24/h5-14,28,31H,16H2,1-4H3. The molecule has 170 valence electrons. The van der Waals surface area contributed by atoms with Crippen LogP contribution in [-0.4, -0.2) is 17.3 Å². The molecule has 0 radical (unpaired) electrons. The summed E-state index contributed by atoms with van der Waals surface area (Å²) < 4.78 is 0. The minimum Gasteiger partial charge on any atom is -0.353 e. The lowest BCUT2D eigenvalue weighted by Gasteiger charge is -2.30. The quantitative estimate of drug-likeness (QED) is 0.428. The number of carbonyl (C=O) groups excluding carboxylic acids is 2. The molecule has 0 bridgehead atoms. The fourth-order valence-electron chi connectivity index (χ4n) is 4.44. The molecule has 1 unspecified atom stereocenters. The highest BCUT2D eigenvalue weighted by atomic mass is 32.2. The van der Waals surface area contributed by atoms with Gasteiger partial charge in [-0.3, -0.25) is 9.59 Å². The molecule has 4 rings (SSSR count). The molecule has 1 aliphatic rings. The minimum absolute atomic E-state index is 0.000369. The topological polar surface area (TPSA) is 70.0 Å². The molecular formula is C29H26N2O2S. The molecule has 3 aromatic carbocycles.